The fourth-order valence-electron chi connectivity index (χ4n) is 3.51. The van der Waals surface area contributed by atoms with E-state index in [1.54, 1.807) is 36.4 Å². The number of nitrogens with zero attached hydrogens (tertiary/aromatic N) is 1. The molecule has 0 unspecified atom stereocenters. The van der Waals surface area contributed by atoms with Crippen LogP contribution in [-0.2, 0) is 4.79 Å². The summed E-state index contributed by atoms with van der Waals surface area (Å²) in [5, 5.41) is 10.2. The van der Waals surface area contributed by atoms with Crippen LogP contribution in [0.5, 0.6) is 17.2 Å². The zero-order valence-electron chi connectivity index (χ0n) is 18.3. The summed E-state index contributed by atoms with van der Waals surface area (Å²) in [4.78, 5) is 25.8. The van der Waals surface area contributed by atoms with Gasteiger partial charge >= 0.3 is 5.97 Å². The fourth-order valence-corrected chi connectivity index (χ4v) is 3.64. The number of carbonyl (C=O) groups excluding carboxylic acids is 1. The van der Waals surface area contributed by atoms with E-state index in [-0.39, 0.29) is 42.5 Å². The fraction of sp³-hybridized carbons (Fsp3) is 0.417. The number of aromatic carboxylic acids is 1. The quantitative estimate of drug-likeness (QED) is 0.552. The van der Waals surface area contributed by atoms with E-state index in [1.807, 2.05) is 18.7 Å². The average Bonchev–Trinajstić information content (AvgIpc) is 2.78. The molecule has 32 heavy (non-hydrogen) atoms. The van der Waals surface area contributed by atoms with Crippen LogP contribution in [0.3, 0.4) is 0 Å². The van der Waals surface area contributed by atoms with Crippen molar-refractivity contribution in [2.45, 2.75) is 32.8 Å². The molecule has 8 heteroatoms. The van der Waals surface area contributed by atoms with Crippen molar-refractivity contribution in [3.8, 4) is 17.2 Å². The molecule has 0 radical (unpaired) electrons. The first-order chi connectivity index (χ1) is 15.3. The van der Waals surface area contributed by atoms with E-state index in [0.717, 1.165) is 19.4 Å². The van der Waals surface area contributed by atoms with Gasteiger partial charge in [-0.25, -0.2) is 4.79 Å². The van der Waals surface area contributed by atoms with E-state index in [0.29, 0.717) is 23.1 Å². The Hall–Kier alpha value is -2.93. The number of ether oxygens (including phenoxy) is 3. The number of hydrogen-bond acceptors (Lipinski definition) is 5. The van der Waals surface area contributed by atoms with Gasteiger partial charge in [-0.1, -0.05) is 25.4 Å². The summed E-state index contributed by atoms with van der Waals surface area (Å²) in [6.45, 7) is 5.41. The van der Waals surface area contributed by atoms with E-state index in [1.165, 1.54) is 6.07 Å². The van der Waals surface area contributed by atoms with Crippen LogP contribution in [0.1, 0.15) is 37.0 Å². The maximum atomic E-state index is 12.3. The van der Waals surface area contributed by atoms with Crippen molar-refractivity contribution < 1.29 is 28.9 Å². The number of rotatable bonds is 9. The second kappa shape index (κ2) is 11.1. The van der Waals surface area contributed by atoms with Crippen LogP contribution in [0.25, 0.3) is 0 Å². The molecule has 1 N–H and O–H groups in total. The van der Waals surface area contributed by atoms with Crippen molar-refractivity contribution in [3.05, 3.63) is 53.1 Å². The Bertz CT molecular complexity index is 931. The maximum absolute atomic E-state index is 12.3. The van der Waals surface area contributed by atoms with Gasteiger partial charge in [-0.2, -0.15) is 0 Å². The van der Waals surface area contributed by atoms with E-state index >= 15 is 0 Å². The number of piperidine rings is 1. The molecule has 1 heterocycles. The Morgan fingerprint density at radius 3 is 2.47 bits per heavy atom. The Balaban J connectivity index is 1.57. The van der Waals surface area contributed by atoms with Gasteiger partial charge < -0.3 is 24.2 Å². The van der Waals surface area contributed by atoms with Gasteiger partial charge in [-0.05, 0) is 55.3 Å². The van der Waals surface area contributed by atoms with Crippen LogP contribution in [0.4, 0.5) is 0 Å². The lowest BCUT2D eigenvalue weighted by Gasteiger charge is -2.34. The second-order valence-corrected chi connectivity index (χ2v) is 8.37. The largest absolute Gasteiger partial charge is 0.490 e. The lowest BCUT2D eigenvalue weighted by molar-refractivity contribution is -0.137. The Morgan fingerprint density at radius 1 is 1.09 bits per heavy atom. The van der Waals surface area contributed by atoms with Crippen molar-refractivity contribution in [3.63, 3.8) is 0 Å². The molecule has 2 aromatic carbocycles. The first-order valence-electron chi connectivity index (χ1n) is 10.7. The van der Waals surface area contributed by atoms with Gasteiger partial charge in [0.25, 0.3) is 0 Å². The molecule has 7 nitrogen and oxygen atoms in total. The molecule has 0 aliphatic carbocycles. The molecule has 1 saturated heterocycles. The minimum atomic E-state index is -1.11. The van der Waals surface area contributed by atoms with E-state index in [9.17, 15) is 14.7 Å². The van der Waals surface area contributed by atoms with Gasteiger partial charge in [0.1, 0.15) is 42.1 Å². The predicted octanol–water partition coefficient (Wildman–Crippen LogP) is 4.52. The highest BCUT2D eigenvalue weighted by Crippen LogP contribution is 2.27. The molecule has 1 atom stereocenters. The number of carboxylic acid groups (broad SMARTS) is 1. The molecule has 0 aromatic heterocycles. The molecule has 3 rings (SSSR count). The van der Waals surface area contributed by atoms with Gasteiger partial charge in [-0.3, -0.25) is 4.79 Å². The Labute approximate surface area is 192 Å². The van der Waals surface area contributed by atoms with E-state index in [2.05, 4.69) is 0 Å². The highest BCUT2D eigenvalue weighted by molar-refractivity contribution is 6.30. The number of hydrogen-bond donors (Lipinski definition) is 1. The van der Waals surface area contributed by atoms with Crippen molar-refractivity contribution in [2.75, 3.05) is 26.3 Å². The molecule has 172 valence electrons. The number of likely N-dealkylation sites (tertiary alicyclic amines) is 1. The van der Waals surface area contributed by atoms with Crippen LogP contribution < -0.4 is 14.2 Å². The number of amides is 1. The second-order valence-electron chi connectivity index (χ2n) is 7.94. The zero-order chi connectivity index (χ0) is 23.1. The van der Waals surface area contributed by atoms with E-state index < -0.39 is 5.97 Å². The highest BCUT2D eigenvalue weighted by atomic mass is 35.5. The molecule has 0 bridgehead atoms. The summed E-state index contributed by atoms with van der Waals surface area (Å²) < 4.78 is 17.2. The number of halogens is 1. The number of carboxylic acids is 1. The monoisotopic (exact) mass is 461 g/mol. The van der Waals surface area contributed by atoms with Gasteiger partial charge in [0.2, 0.25) is 5.91 Å². The first-order valence-corrected chi connectivity index (χ1v) is 11.0. The average molecular weight is 462 g/mol. The van der Waals surface area contributed by atoms with Gasteiger partial charge in [0, 0.05) is 17.5 Å². The minimum Gasteiger partial charge on any atom is -0.490 e. The number of carbonyl (C=O) groups is 2. The standard InChI is InChI=1S/C24H28ClNO6/c1-16(2)23(27)26-11-3-4-20(15-26)32-19-9-10-22(21(14-19)24(28)29)31-13-12-30-18-7-5-17(25)6-8-18/h5-10,14,16,20H,3-4,11-13,15H2,1-2H3,(H,28,29)/t20-/m1/s1. The van der Waals surface area contributed by atoms with Crippen molar-refractivity contribution >= 4 is 23.5 Å². The van der Waals surface area contributed by atoms with Crippen LogP contribution in [-0.4, -0.2) is 54.3 Å². The zero-order valence-corrected chi connectivity index (χ0v) is 19.0. The molecular formula is C24H28ClNO6. The van der Waals surface area contributed by atoms with E-state index in [4.69, 9.17) is 25.8 Å². The van der Waals surface area contributed by atoms with Crippen molar-refractivity contribution in [2.24, 2.45) is 5.92 Å². The van der Waals surface area contributed by atoms with Crippen LogP contribution >= 0.6 is 11.6 Å². The van der Waals surface area contributed by atoms with Gasteiger partial charge in [0.15, 0.2) is 0 Å². The molecule has 1 aliphatic heterocycles. The van der Waals surface area contributed by atoms with Crippen LogP contribution in [0, 0.1) is 5.92 Å². The first kappa shape index (κ1) is 23.7. The van der Waals surface area contributed by atoms with Crippen LogP contribution in [0.15, 0.2) is 42.5 Å². The van der Waals surface area contributed by atoms with Gasteiger partial charge in [0.05, 0.1) is 6.54 Å². The summed E-state index contributed by atoms with van der Waals surface area (Å²) >= 11 is 5.84. The molecule has 1 fully saturated rings. The summed E-state index contributed by atoms with van der Waals surface area (Å²) in [5.41, 5.74) is 0.0138. The predicted molar refractivity (Wildman–Crippen MR) is 121 cm³/mol. The lowest BCUT2D eigenvalue weighted by Crippen LogP contribution is -2.45. The third kappa shape index (κ3) is 6.53. The Kier molecular flexibility index (Phi) is 8.22. The molecular weight excluding hydrogens is 434 g/mol. The van der Waals surface area contributed by atoms with Gasteiger partial charge in [-0.15, -0.1) is 0 Å². The summed E-state index contributed by atoms with van der Waals surface area (Å²) in [6.07, 6.45) is 1.49. The topological polar surface area (TPSA) is 85.3 Å². The molecule has 2 aromatic rings. The number of benzene rings is 2. The third-order valence-corrected chi connectivity index (χ3v) is 5.34. The van der Waals surface area contributed by atoms with Crippen molar-refractivity contribution in [1.29, 1.82) is 0 Å². The molecule has 0 saturated carbocycles. The summed E-state index contributed by atoms with van der Waals surface area (Å²) in [5.74, 6) is 0.268. The SMILES string of the molecule is CC(C)C(=O)N1CCC[C@@H](Oc2ccc(OCCOc3ccc(Cl)cc3)c(C(=O)O)c2)C1. The normalized spacial score (nSPS) is 16.0. The summed E-state index contributed by atoms with van der Waals surface area (Å²) in [7, 11) is 0. The highest BCUT2D eigenvalue weighted by Gasteiger charge is 2.26. The lowest BCUT2D eigenvalue weighted by atomic mass is 10.1. The smallest absolute Gasteiger partial charge is 0.339 e. The van der Waals surface area contributed by atoms with Crippen molar-refractivity contribution in [1.82, 2.24) is 4.90 Å². The maximum Gasteiger partial charge on any atom is 0.339 e. The molecule has 0 spiro atoms. The molecule has 1 aliphatic rings. The minimum absolute atomic E-state index is 0.0138. The molecule has 1 amide bonds. The Morgan fingerprint density at radius 2 is 1.78 bits per heavy atom. The van der Waals surface area contributed by atoms with Crippen LogP contribution in [0.2, 0.25) is 5.02 Å². The summed E-state index contributed by atoms with van der Waals surface area (Å²) in [6, 6.07) is 11.7. The third-order valence-electron chi connectivity index (χ3n) is 5.09.